The van der Waals surface area contributed by atoms with Gasteiger partial charge in [0.25, 0.3) is 5.91 Å². The van der Waals surface area contributed by atoms with Crippen LogP contribution in [0, 0.1) is 17.2 Å². The molecule has 0 radical (unpaired) electrons. The van der Waals surface area contributed by atoms with Crippen LogP contribution in [0.15, 0.2) is 18.2 Å². The van der Waals surface area contributed by atoms with E-state index in [2.05, 4.69) is 12.2 Å². The fourth-order valence-corrected chi connectivity index (χ4v) is 3.06. The van der Waals surface area contributed by atoms with Gasteiger partial charge >= 0.3 is 0 Å². The SMILES string of the molecule is C[C@H]1CCC[NH+]([C@@H](C)C(=O)Nc2ccc(C#N)c(Cl)c2)C1. The van der Waals surface area contributed by atoms with Crippen molar-refractivity contribution in [3.8, 4) is 6.07 Å². The lowest BCUT2D eigenvalue weighted by Crippen LogP contribution is -3.17. The highest BCUT2D eigenvalue weighted by Crippen LogP contribution is 2.20. The van der Waals surface area contributed by atoms with Gasteiger partial charge in [-0.15, -0.1) is 0 Å². The predicted molar refractivity (Wildman–Crippen MR) is 83.4 cm³/mol. The largest absolute Gasteiger partial charge is 0.325 e. The monoisotopic (exact) mass is 306 g/mol. The molecule has 1 amide bonds. The third-order valence-electron chi connectivity index (χ3n) is 4.17. The van der Waals surface area contributed by atoms with Crippen molar-refractivity contribution in [1.82, 2.24) is 0 Å². The first-order chi connectivity index (χ1) is 10.0. The topological polar surface area (TPSA) is 57.3 Å². The Labute approximate surface area is 130 Å². The number of likely N-dealkylation sites (tertiary alicyclic amines) is 1. The molecule has 1 heterocycles. The number of hydrogen-bond donors (Lipinski definition) is 2. The van der Waals surface area contributed by atoms with E-state index in [-0.39, 0.29) is 11.9 Å². The Morgan fingerprint density at radius 1 is 1.57 bits per heavy atom. The number of hydrogen-bond acceptors (Lipinski definition) is 2. The Morgan fingerprint density at radius 2 is 2.33 bits per heavy atom. The molecule has 4 nitrogen and oxygen atoms in total. The maximum atomic E-state index is 12.3. The van der Waals surface area contributed by atoms with Crippen LogP contribution in [0.1, 0.15) is 32.3 Å². The summed E-state index contributed by atoms with van der Waals surface area (Å²) in [6.07, 6.45) is 2.43. The lowest BCUT2D eigenvalue weighted by Gasteiger charge is -2.31. The second kappa shape index (κ2) is 6.93. The molecule has 0 aromatic heterocycles. The number of halogens is 1. The second-order valence-corrected chi connectivity index (χ2v) is 6.28. The van der Waals surface area contributed by atoms with Crippen LogP contribution in [0.3, 0.4) is 0 Å². The van der Waals surface area contributed by atoms with Crippen LogP contribution in [-0.2, 0) is 4.79 Å². The van der Waals surface area contributed by atoms with Crippen molar-refractivity contribution in [3.63, 3.8) is 0 Å². The second-order valence-electron chi connectivity index (χ2n) is 5.88. The zero-order chi connectivity index (χ0) is 15.4. The first-order valence-electron chi connectivity index (χ1n) is 7.36. The van der Waals surface area contributed by atoms with Crippen molar-refractivity contribution in [3.05, 3.63) is 28.8 Å². The van der Waals surface area contributed by atoms with Gasteiger partial charge < -0.3 is 10.2 Å². The standard InChI is InChI=1S/C16H20ClN3O/c1-11-4-3-7-20(10-11)12(2)16(21)19-14-6-5-13(9-18)15(17)8-14/h5-6,8,11-12H,3-4,7,10H2,1-2H3,(H,19,21)/p+1/t11-,12-/m0/s1. The number of anilines is 1. The first kappa shape index (κ1) is 15.8. The van der Waals surface area contributed by atoms with Gasteiger partial charge in [0.15, 0.2) is 6.04 Å². The molecule has 3 atom stereocenters. The third kappa shape index (κ3) is 3.96. The minimum absolute atomic E-state index is 0.000116. The fraction of sp³-hybridized carbons (Fsp3) is 0.500. The van der Waals surface area contributed by atoms with Crippen molar-refractivity contribution in [2.45, 2.75) is 32.7 Å². The fourth-order valence-electron chi connectivity index (χ4n) is 2.84. The van der Waals surface area contributed by atoms with Crippen molar-refractivity contribution >= 4 is 23.2 Å². The van der Waals surface area contributed by atoms with Gasteiger partial charge in [-0.05, 0) is 38.0 Å². The van der Waals surface area contributed by atoms with E-state index in [0.717, 1.165) is 13.1 Å². The highest BCUT2D eigenvalue weighted by Gasteiger charge is 2.29. The molecule has 1 aliphatic heterocycles. The van der Waals surface area contributed by atoms with Crippen molar-refractivity contribution in [1.29, 1.82) is 5.26 Å². The van der Waals surface area contributed by atoms with Crippen LogP contribution in [0.2, 0.25) is 5.02 Å². The lowest BCUT2D eigenvalue weighted by molar-refractivity contribution is -0.922. The lowest BCUT2D eigenvalue weighted by atomic mass is 9.99. The number of quaternary nitrogens is 1. The Hall–Kier alpha value is -1.57. The highest BCUT2D eigenvalue weighted by molar-refractivity contribution is 6.32. The molecular weight excluding hydrogens is 286 g/mol. The molecule has 0 saturated carbocycles. The predicted octanol–water partition coefficient (Wildman–Crippen LogP) is 1.85. The molecule has 1 aromatic rings. The molecule has 1 fully saturated rings. The van der Waals surface area contributed by atoms with E-state index >= 15 is 0 Å². The summed E-state index contributed by atoms with van der Waals surface area (Å²) in [5.41, 5.74) is 1.05. The van der Waals surface area contributed by atoms with E-state index in [1.807, 2.05) is 13.0 Å². The van der Waals surface area contributed by atoms with Gasteiger partial charge in [-0.25, -0.2) is 0 Å². The number of nitriles is 1. The van der Waals surface area contributed by atoms with E-state index < -0.39 is 0 Å². The summed E-state index contributed by atoms with van der Waals surface area (Å²) >= 11 is 5.98. The molecule has 0 aliphatic carbocycles. The summed E-state index contributed by atoms with van der Waals surface area (Å²) in [4.78, 5) is 13.7. The molecule has 21 heavy (non-hydrogen) atoms. The Bertz CT molecular complexity index is 567. The molecule has 112 valence electrons. The number of nitrogens with zero attached hydrogens (tertiary/aromatic N) is 1. The maximum absolute atomic E-state index is 12.3. The molecule has 1 saturated heterocycles. The summed E-state index contributed by atoms with van der Waals surface area (Å²) in [7, 11) is 0. The van der Waals surface area contributed by atoms with Crippen LogP contribution in [0.25, 0.3) is 0 Å². The quantitative estimate of drug-likeness (QED) is 0.895. The van der Waals surface area contributed by atoms with E-state index in [4.69, 9.17) is 16.9 Å². The number of nitrogens with one attached hydrogen (secondary N) is 2. The van der Waals surface area contributed by atoms with E-state index in [0.29, 0.717) is 22.2 Å². The molecule has 1 aliphatic rings. The average molecular weight is 307 g/mol. The molecule has 0 bridgehead atoms. The van der Waals surface area contributed by atoms with Crippen molar-refractivity contribution in [2.24, 2.45) is 5.92 Å². The van der Waals surface area contributed by atoms with Crippen LogP contribution in [0.4, 0.5) is 5.69 Å². The normalized spacial score (nSPS) is 23.1. The average Bonchev–Trinajstić information content (AvgIpc) is 2.46. The van der Waals surface area contributed by atoms with Gasteiger partial charge in [-0.3, -0.25) is 4.79 Å². The number of piperidine rings is 1. The van der Waals surface area contributed by atoms with E-state index in [1.165, 1.54) is 17.7 Å². The zero-order valence-electron chi connectivity index (χ0n) is 12.4. The van der Waals surface area contributed by atoms with Gasteiger partial charge in [0.05, 0.1) is 23.7 Å². The zero-order valence-corrected chi connectivity index (χ0v) is 13.2. The van der Waals surface area contributed by atoms with Gasteiger partial charge in [0.2, 0.25) is 0 Å². The van der Waals surface area contributed by atoms with Crippen LogP contribution in [-0.4, -0.2) is 25.0 Å². The maximum Gasteiger partial charge on any atom is 0.282 e. The molecule has 5 heteroatoms. The number of carbonyl (C=O) groups is 1. The molecule has 2 N–H and O–H groups in total. The van der Waals surface area contributed by atoms with Crippen LogP contribution < -0.4 is 10.2 Å². The number of benzene rings is 1. The molecular formula is C16H21ClN3O+. The summed E-state index contributed by atoms with van der Waals surface area (Å²) < 4.78 is 0. The van der Waals surface area contributed by atoms with Gasteiger partial charge in [-0.2, -0.15) is 5.26 Å². The molecule has 0 spiro atoms. The first-order valence-corrected chi connectivity index (χ1v) is 7.74. The van der Waals surface area contributed by atoms with Crippen molar-refractivity contribution in [2.75, 3.05) is 18.4 Å². The molecule has 2 rings (SSSR count). The number of carbonyl (C=O) groups excluding carboxylic acids is 1. The van der Waals surface area contributed by atoms with E-state index in [1.54, 1.807) is 18.2 Å². The Balaban J connectivity index is 2.00. The highest BCUT2D eigenvalue weighted by atomic mass is 35.5. The number of rotatable bonds is 3. The summed E-state index contributed by atoms with van der Waals surface area (Å²) in [5.74, 6) is 0.674. The van der Waals surface area contributed by atoms with E-state index in [9.17, 15) is 4.79 Å². The Kier molecular flexibility index (Phi) is 5.22. The Morgan fingerprint density at radius 3 is 2.95 bits per heavy atom. The number of amides is 1. The van der Waals surface area contributed by atoms with Crippen LogP contribution in [0.5, 0.6) is 0 Å². The van der Waals surface area contributed by atoms with Gasteiger partial charge in [-0.1, -0.05) is 18.5 Å². The summed E-state index contributed by atoms with van der Waals surface area (Å²) in [6.45, 7) is 6.30. The summed E-state index contributed by atoms with van der Waals surface area (Å²) in [6, 6.07) is 6.88. The van der Waals surface area contributed by atoms with Crippen LogP contribution >= 0.6 is 11.6 Å². The third-order valence-corrected chi connectivity index (χ3v) is 4.48. The van der Waals surface area contributed by atoms with Gasteiger partial charge in [0.1, 0.15) is 6.07 Å². The van der Waals surface area contributed by atoms with Gasteiger partial charge in [0, 0.05) is 11.6 Å². The smallest absolute Gasteiger partial charge is 0.282 e. The van der Waals surface area contributed by atoms with Crippen molar-refractivity contribution < 1.29 is 9.69 Å². The minimum atomic E-state index is -0.0813. The molecule has 1 unspecified atom stereocenters. The minimum Gasteiger partial charge on any atom is -0.325 e. The summed E-state index contributed by atoms with van der Waals surface area (Å²) in [5, 5.41) is 12.1. The molecule has 1 aromatic carbocycles.